The van der Waals surface area contributed by atoms with Crippen LogP contribution in [0.5, 0.6) is 0 Å². The maximum atomic E-state index is 4.69. The predicted octanol–water partition coefficient (Wildman–Crippen LogP) is 3.77. The predicted molar refractivity (Wildman–Crippen MR) is 85.8 cm³/mol. The molecule has 0 spiro atoms. The lowest BCUT2D eigenvalue weighted by molar-refractivity contribution is 0.575. The van der Waals surface area contributed by atoms with Crippen LogP contribution in [0.1, 0.15) is 46.5 Å². The zero-order valence-electron chi connectivity index (χ0n) is 11.8. The van der Waals surface area contributed by atoms with Gasteiger partial charge in [0.1, 0.15) is 0 Å². The van der Waals surface area contributed by atoms with E-state index in [9.17, 15) is 0 Å². The van der Waals surface area contributed by atoms with E-state index in [-0.39, 0.29) is 0 Å². The van der Waals surface area contributed by atoms with E-state index in [1.165, 1.54) is 36.6 Å². The second-order valence-corrected chi connectivity index (χ2v) is 8.50. The summed E-state index contributed by atoms with van der Waals surface area (Å²) in [6, 6.07) is 0.666. The first kappa shape index (κ1) is 14.6. The number of amidine groups is 1. The number of rotatable bonds is 5. The summed E-state index contributed by atoms with van der Waals surface area (Å²) in [6.45, 7) is 7.89. The van der Waals surface area contributed by atoms with Crippen molar-refractivity contribution in [3.8, 4) is 0 Å². The van der Waals surface area contributed by atoms with Crippen LogP contribution in [-0.4, -0.2) is 34.0 Å². The fraction of sp³-hybridized carbons (Fsp3) is 0.929. The van der Waals surface area contributed by atoms with Gasteiger partial charge in [0, 0.05) is 16.5 Å². The van der Waals surface area contributed by atoms with Crippen molar-refractivity contribution in [2.75, 3.05) is 12.3 Å². The fourth-order valence-electron chi connectivity index (χ4n) is 2.81. The van der Waals surface area contributed by atoms with Crippen LogP contribution >= 0.6 is 23.5 Å². The smallest absolute Gasteiger partial charge is 0.157 e. The molecule has 0 aromatic heterocycles. The lowest BCUT2D eigenvalue weighted by Crippen LogP contribution is -2.37. The minimum absolute atomic E-state index is 0.666. The molecule has 1 N–H and O–H groups in total. The average molecular weight is 287 g/mol. The molecular weight excluding hydrogens is 260 g/mol. The second-order valence-electron chi connectivity index (χ2n) is 5.69. The monoisotopic (exact) mass is 286 g/mol. The van der Waals surface area contributed by atoms with Crippen LogP contribution in [0.3, 0.4) is 0 Å². The molecule has 0 aromatic carbocycles. The molecular formula is C14H26N2S2. The molecule has 3 unspecified atom stereocenters. The van der Waals surface area contributed by atoms with Gasteiger partial charge in [-0.25, -0.2) is 0 Å². The van der Waals surface area contributed by atoms with Gasteiger partial charge in [0.2, 0.25) is 0 Å². The molecule has 0 aromatic rings. The van der Waals surface area contributed by atoms with Gasteiger partial charge in [0.25, 0.3) is 0 Å². The van der Waals surface area contributed by atoms with Crippen molar-refractivity contribution in [1.29, 1.82) is 0 Å². The van der Waals surface area contributed by atoms with Gasteiger partial charge in [-0.15, -0.1) is 0 Å². The Kier molecular flexibility index (Phi) is 5.74. The van der Waals surface area contributed by atoms with Crippen LogP contribution in [-0.2, 0) is 0 Å². The summed E-state index contributed by atoms with van der Waals surface area (Å²) in [5, 5.41) is 6.45. The third-order valence-electron chi connectivity index (χ3n) is 3.59. The zero-order chi connectivity index (χ0) is 13.0. The molecule has 1 fully saturated rings. The number of thioether (sulfide) groups is 2. The average Bonchev–Trinajstić information content (AvgIpc) is 2.90. The summed E-state index contributed by atoms with van der Waals surface area (Å²) in [5.74, 6) is 2.02. The van der Waals surface area contributed by atoms with E-state index in [1.807, 2.05) is 11.8 Å². The standard InChI is InChI=1S/C14H26N2S2/c1-4-17-13-7-5-6-12(13)16-14-15-9-11(18-14)8-10(2)3/h10-13H,4-9H2,1-3H3,(H,15,16). The fourth-order valence-corrected chi connectivity index (χ4v) is 5.32. The highest BCUT2D eigenvalue weighted by Gasteiger charge is 2.30. The summed E-state index contributed by atoms with van der Waals surface area (Å²) in [4.78, 5) is 4.69. The number of nitrogens with zero attached hydrogens (tertiary/aromatic N) is 1. The molecule has 1 aliphatic carbocycles. The van der Waals surface area contributed by atoms with Crippen LogP contribution in [0.2, 0.25) is 0 Å². The minimum Gasteiger partial charge on any atom is -0.361 e. The van der Waals surface area contributed by atoms with Crippen molar-refractivity contribution < 1.29 is 0 Å². The van der Waals surface area contributed by atoms with Gasteiger partial charge in [-0.05, 0) is 30.9 Å². The van der Waals surface area contributed by atoms with Crippen molar-refractivity contribution in [2.45, 2.75) is 63.0 Å². The van der Waals surface area contributed by atoms with Gasteiger partial charge >= 0.3 is 0 Å². The van der Waals surface area contributed by atoms with Gasteiger partial charge in [0.15, 0.2) is 5.17 Å². The largest absolute Gasteiger partial charge is 0.361 e. The third-order valence-corrected chi connectivity index (χ3v) is 6.06. The van der Waals surface area contributed by atoms with E-state index in [0.717, 1.165) is 17.7 Å². The Labute approximate surface area is 120 Å². The molecule has 2 aliphatic rings. The van der Waals surface area contributed by atoms with Gasteiger partial charge in [0.05, 0.1) is 6.54 Å². The highest BCUT2D eigenvalue weighted by Crippen LogP contribution is 2.32. The van der Waals surface area contributed by atoms with Crippen molar-refractivity contribution in [3.63, 3.8) is 0 Å². The Morgan fingerprint density at radius 1 is 1.44 bits per heavy atom. The van der Waals surface area contributed by atoms with E-state index in [1.54, 1.807) is 0 Å². The molecule has 4 heteroatoms. The van der Waals surface area contributed by atoms with Gasteiger partial charge < -0.3 is 5.32 Å². The van der Waals surface area contributed by atoms with Gasteiger partial charge in [-0.2, -0.15) is 11.8 Å². The second kappa shape index (κ2) is 7.09. The van der Waals surface area contributed by atoms with E-state index >= 15 is 0 Å². The van der Waals surface area contributed by atoms with E-state index in [2.05, 4.69) is 42.8 Å². The quantitative estimate of drug-likeness (QED) is 0.832. The molecule has 1 heterocycles. The molecule has 0 saturated heterocycles. The lowest BCUT2D eigenvalue weighted by atomic mass is 10.1. The van der Waals surface area contributed by atoms with Crippen molar-refractivity contribution >= 4 is 28.7 Å². The Morgan fingerprint density at radius 2 is 2.28 bits per heavy atom. The Hall–Kier alpha value is 0.170. The van der Waals surface area contributed by atoms with Crippen LogP contribution in [0.15, 0.2) is 4.99 Å². The van der Waals surface area contributed by atoms with Gasteiger partial charge in [-0.1, -0.05) is 39.0 Å². The van der Waals surface area contributed by atoms with Crippen molar-refractivity contribution in [1.82, 2.24) is 5.32 Å². The summed E-state index contributed by atoms with van der Waals surface area (Å²) in [7, 11) is 0. The third kappa shape index (κ3) is 4.09. The number of aliphatic imine (C=N–C) groups is 1. The summed E-state index contributed by atoms with van der Waals surface area (Å²) in [5.41, 5.74) is 0. The van der Waals surface area contributed by atoms with Crippen LogP contribution < -0.4 is 5.32 Å². The minimum atomic E-state index is 0.666. The maximum Gasteiger partial charge on any atom is 0.157 e. The number of hydrogen-bond acceptors (Lipinski definition) is 4. The Morgan fingerprint density at radius 3 is 3.00 bits per heavy atom. The maximum absolute atomic E-state index is 4.69. The van der Waals surface area contributed by atoms with Crippen molar-refractivity contribution in [2.24, 2.45) is 10.9 Å². The van der Waals surface area contributed by atoms with Crippen LogP contribution in [0.4, 0.5) is 0 Å². The molecule has 0 amide bonds. The topological polar surface area (TPSA) is 24.4 Å². The number of hydrogen-bond donors (Lipinski definition) is 1. The summed E-state index contributed by atoms with van der Waals surface area (Å²) >= 11 is 4.09. The molecule has 2 nitrogen and oxygen atoms in total. The first-order valence-corrected chi connectivity index (χ1v) is 9.21. The molecule has 0 bridgehead atoms. The molecule has 2 rings (SSSR count). The molecule has 18 heavy (non-hydrogen) atoms. The van der Waals surface area contributed by atoms with Crippen LogP contribution in [0, 0.1) is 5.92 Å². The summed E-state index contributed by atoms with van der Waals surface area (Å²) < 4.78 is 0. The van der Waals surface area contributed by atoms with Crippen LogP contribution in [0.25, 0.3) is 0 Å². The summed E-state index contributed by atoms with van der Waals surface area (Å²) in [6.07, 6.45) is 5.37. The van der Waals surface area contributed by atoms with E-state index < -0.39 is 0 Å². The molecule has 104 valence electrons. The highest BCUT2D eigenvalue weighted by atomic mass is 32.2. The van der Waals surface area contributed by atoms with E-state index in [4.69, 9.17) is 0 Å². The number of nitrogens with one attached hydrogen (secondary N) is 1. The van der Waals surface area contributed by atoms with Crippen molar-refractivity contribution in [3.05, 3.63) is 0 Å². The van der Waals surface area contributed by atoms with E-state index in [0.29, 0.717) is 11.3 Å². The molecule has 3 atom stereocenters. The SMILES string of the molecule is CCSC1CCCC1NC1=NCC(CC(C)C)S1. The zero-order valence-corrected chi connectivity index (χ0v) is 13.4. The normalized spacial score (nSPS) is 32.0. The molecule has 0 radical (unpaired) electrons. The first-order chi connectivity index (χ1) is 8.69. The molecule has 1 aliphatic heterocycles. The highest BCUT2D eigenvalue weighted by molar-refractivity contribution is 8.14. The Bertz CT molecular complexity index is 292. The lowest BCUT2D eigenvalue weighted by Gasteiger charge is -2.21. The first-order valence-electron chi connectivity index (χ1n) is 7.28. The molecule has 1 saturated carbocycles. The Balaban J connectivity index is 1.77. The van der Waals surface area contributed by atoms with Gasteiger partial charge in [-0.3, -0.25) is 4.99 Å².